The minimum absolute atomic E-state index is 0.149. The molecule has 0 saturated heterocycles. The zero-order valence-corrected chi connectivity index (χ0v) is 16.5. The summed E-state index contributed by atoms with van der Waals surface area (Å²) in [5.41, 5.74) is 0.810. The van der Waals surface area contributed by atoms with Crippen LogP contribution in [0, 0.1) is 17.3 Å². The molecule has 6 rings (SSSR count). The second-order valence-electron chi connectivity index (χ2n) is 9.74. The summed E-state index contributed by atoms with van der Waals surface area (Å²) in [4.78, 5) is 28.0. The molecule has 4 bridgehead atoms. The normalized spacial score (nSPS) is 36.7. The number of para-hydroxylation sites is 1. The Kier molecular flexibility index (Phi) is 4.10. The van der Waals surface area contributed by atoms with E-state index in [9.17, 15) is 14.7 Å². The average molecular weight is 383 g/mol. The van der Waals surface area contributed by atoms with E-state index in [1.165, 1.54) is 5.56 Å². The molecule has 4 fully saturated rings. The van der Waals surface area contributed by atoms with Crippen LogP contribution in [0.1, 0.15) is 57.4 Å². The van der Waals surface area contributed by atoms with Crippen molar-refractivity contribution in [3.8, 4) is 0 Å². The summed E-state index contributed by atoms with van der Waals surface area (Å²) in [5.74, 6) is 0.410. The van der Waals surface area contributed by atoms with Gasteiger partial charge in [-0.1, -0.05) is 18.2 Å². The van der Waals surface area contributed by atoms with Gasteiger partial charge in [0.1, 0.15) is 0 Å². The molecule has 1 amide bonds. The molecule has 5 atom stereocenters. The molecule has 0 aromatic heterocycles. The maximum atomic E-state index is 13.2. The van der Waals surface area contributed by atoms with E-state index in [-0.39, 0.29) is 11.9 Å². The number of amides is 1. The molecule has 0 spiro atoms. The van der Waals surface area contributed by atoms with Gasteiger partial charge in [-0.05, 0) is 81.8 Å². The minimum atomic E-state index is -0.804. The number of aryl methyl sites for hydroxylation is 1. The second kappa shape index (κ2) is 6.31. The van der Waals surface area contributed by atoms with Crippen LogP contribution in [0.2, 0.25) is 0 Å². The van der Waals surface area contributed by atoms with Gasteiger partial charge in [0.05, 0.1) is 11.0 Å². The van der Waals surface area contributed by atoms with E-state index in [1.54, 1.807) is 11.8 Å². The number of nitrogens with zero attached hydrogens (tertiary/aromatic N) is 1. The zero-order chi connectivity index (χ0) is 19.5. The first-order chi connectivity index (χ1) is 13.4. The van der Waals surface area contributed by atoms with Crippen LogP contribution >= 0.6 is 0 Å². The van der Waals surface area contributed by atoms with Gasteiger partial charge in [-0.2, -0.15) is 0 Å². The van der Waals surface area contributed by atoms with Crippen LogP contribution in [0.4, 0.5) is 5.69 Å². The van der Waals surface area contributed by atoms with Crippen molar-refractivity contribution in [1.82, 2.24) is 0 Å². The fourth-order valence-corrected chi connectivity index (χ4v) is 6.77. The summed E-state index contributed by atoms with van der Waals surface area (Å²) in [6.07, 6.45) is 5.95. The fourth-order valence-electron chi connectivity index (χ4n) is 6.77. The van der Waals surface area contributed by atoms with E-state index in [2.05, 4.69) is 6.07 Å². The Morgan fingerprint density at radius 2 is 1.89 bits per heavy atom. The molecular formula is C23H29NO4. The largest absolute Gasteiger partial charge is 0.452 e. The molecule has 5 nitrogen and oxygen atoms in total. The van der Waals surface area contributed by atoms with Gasteiger partial charge in [0.15, 0.2) is 6.10 Å². The molecule has 4 aliphatic carbocycles. The van der Waals surface area contributed by atoms with Crippen molar-refractivity contribution in [2.24, 2.45) is 17.3 Å². The number of hydrogen-bond acceptors (Lipinski definition) is 4. The lowest BCUT2D eigenvalue weighted by Gasteiger charge is -2.58. The first-order valence-electron chi connectivity index (χ1n) is 10.7. The second-order valence-corrected chi connectivity index (χ2v) is 9.74. The smallest absolute Gasteiger partial charge is 0.312 e. The van der Waals surface area contributed by atoms with Gasteiger partial charge in [-0.25, -0.2) is 0 Å². The van der Waals surface area contributed by atoms with Crippen molar-refractivity contribution in [1.29, 1.82) is 0 Å². The highest BCUT2D eigenvalue weighted by molar-refractivity contribution is 5.98. The Balaban J connectivity index is 1.32. The first-order valence-corrected chi connectivity index (χ1v) is 10.7. The topological polar surface area (TPSA) is 66.8 Å². The van der Waals surface area contributed by atoms with Crippen LogP contribution in [-0.4, -0.2) is 35.2 Å². The van der Waals surface area contributed by atoms with Crippen molar-refractivity contribution < 1.29 is 19.4 Å². The van der Waals surface area contributed by atoms with Crippen molar-refractivity contribution in [3.05, 3.63) is 29.8 Å². The number of fused-ring (bicyclic) bond motifs is 1. The highest BCUT2D eigenvalue weighted by atomic mass is 16.5. The molecule has 1 aromatic rings. The van der Waals surface area contributed by atoms with Crippen LogP contribution in [0.5, 0.6) is 0 Å². The van der Waals surface area contributed by atoms with Gasteiger partial charge in [0.25, 0.3) is 5.91 Å². The first kappa shape index (κ1) is 18.2. The quantitative estimate of drug-likeness (QED) is 0.814. The third kappa shape index (κ3) is 2.86. The highest BCUT2D eigenvalue weighted by Gasteiger charge is 2.61. The summed E-state index contributed by atoms with van der Waals surface area (Å²) in [5, 5.41) is 10.9. The van der Waals surface area contributed by atoms with E-state index >= 15 is 0 Å². The Labute approximate surface area is 166 Å². The molecule has 0 radical (unpaired) electrons. The van der Waals surface area contributed by atoms with Gasteiger partial charge in [-0.15, -0.1) is 0 Å². The third-order valence-electron chi connectivity index (χ3n) is 7.47. The van der Waals surface area contributed by atoms with E-state index in [0.29, 0.717) is 24.8 Å². The van der Waals surface area contributed by atoms with Gasteiger partial charge >= 0.3 is 5.97 Å². The zero-order valence-electron chi connectivity index (χ0n) is 16.5. The van der Waals surface area contributed by atoms with Crippen molar-refractivity contribution in [2.45, 2.75) is 70.0 Å². The molecule has 1 aromatic carbocycles. The van der Waals surface area contributed by atoms with Crippen LogP contribution < -0.4 is 4.90 Å². The summed E-state index contributed by atoms with van der Waals surface area (Å²) >= 11 is 0. The van der Waals surface area contributed by atoms with Crippen LogP contribution in [0.15, 0.2) is 24.3 Å². The average Bonchev–Trinajstić information content (AvgIpc) is 2.65. The number of carbonyl (C=O) groups excluding carboxylic acids is 2. The maximum absolute atomic E-state index is 13.2. The summed E-state index contributed by atoms with van der Waals surface area (Å²) in [6.45, 7) is 2.35. The number of aliphatic hydroxyl groups is 1. The number of carbonyl (C=O) groups is 2. The number of anilines is 1. The fraction of sp³-hybridized carbons (Fsp3) is 0.652. The summed E-state index contributed by atoms with van der Waals surface area (Å²) < 4.78 is 5.77. The Hall–Kier alpha value is -1.88. The SMILES string of the molecule is C[C@@H](OC(=O)C12C[C@@H]3C[C@@H](CC(O)(C3)C1)C2)C(=O)N1CCCc2ccccc21. The molecular weight excluding hydrogens is 354 g/mol. The lowest BCUT2D eigenvalue weighted by atomic mass is 9.48. The third-order valence-corrected chi connectivity index (χ3v) is 7.47. The van der Waals surface area contributed by atoms with E-state index in [0.717, 1.165) is 50.6 Å². The molecule has 5 aliphatic rings. The van der Waals surface area contributed by atoms with Crippen molar-refractivity contribution in [2.75, 3.05) is 11.4 Å². The van der Waals surface area contributed by atoms with Gasteiger partial charge in [-0.3, -0.25) is 9.59 Å². The number of esters is 1. The van der Waals surface area contributed by atoms with E-state index < -0.39 is 17.1 Å². The Morgan fingerprint density at radius 3 is 2.61 bits per heavy atom. The van der Waals surface area contributed by atoms with E-state index in [4.69, 9.17) is 4.74 Å². The van der Waals surface area contributed by atoms with Crippen molar-refractivity contribution in [3.63, 3.8) is 0 Å². The standard InChI is InChI=1S/C23H29NO4/c1-15(20(25)24-8-4-6-18-5-2-3-7-19(18)24)28-21(26)22-10-16-9-17(11-22)13-23(27,12-16)14-22/h2-3,5,7,15-17,27H,4,6,8-14H2,1H3/t15-,16-,17+,22?,23?/m1/s1. The number of rotatable bonds is 3. The summed E-state index contributed by atoms with van der Waals surface area (Å²) in [6, 6.07) is 7.96. The molecule has 1 N–H and O–H groups in total. The number of ether oxygens (including phenoxy) is 1. The van der Waals surface area contributed by atoms with Gasteiger partial charge < -0.3 is 14.7 Å². The monoisotopic (exact) mass is 383 g/mol. The Morgan fingerprint density at radius 1 is 1.18 bits per heavy atom. The molecule has 1 aliphatic heterocycles. The predicted octanol–water partition coefficient (Wildman–Crippen LogP) is 3.23. The lowest BCUT2D eigenvalue weighted by molar-refractivity contribution is -0.199. The Bertz CT molecular complexity index is 805. The maximum Gasteiger partial charge on any atom is 0.312 e. The van der Waals surface area contributed by atoms with Crippen LogP contribution in [0.25, 0.3) is 0 Å². The highest BCUT2D eigenvalue weighted by Crippen LogP contribution is 2.62. The molecule has 5 heteroatoms. The van der Waals surface area contributed by atoms with Crippen LogP contribution in [-0.2, 0) is 20.7 Å². The molecule has 2 unspecified atom stereocenters. The number of benzene rings is 1. The van der Waals surface area contributed by atoms with Gasteiger partial charge in [0, 0.05) is 12.2 Å². The van der Waals surface area contributed by atoms with E-state index in [1.807, 2.05) is 18.2 Å². The van der Waals surface area contributed by atoms with Crippen LogP contribution in [0.3, 0.4) is 0 Å². The molecule has 150 valence electrons. The lowest BCUT2D eigenvalue weighted by Crippen LogP contribution is -2.59. The van der Waals surface area contributed by atoms with Crippen molar-refractivity contribution >= 4 is 17.6 Å². The summed E-state index contributed by atoms with van der Waals surface area (Å²) in [7, 11) is 0. The number of hydrogen-bond donors (Lipinski definition) is 1. The molecule has 1 heterocycles. The molecule has 28 heavy (non-hydrogen) atoms. The minimum Gasteiger partial charge on any atom is -0.452 e. The molecule has 4 saturated carbocycles. The predicted molar refractivity (Wildman–Crippen MR) is 105 cm³/mol. The van der Waals surface area contributed by atoms with Gasteiger partial charge in [0.2, 0.25) is 0 Å².